The van der Waals surface area contributed by atoms with Gasteiger partial charge in [0, 0.05) is 24.8 Å². The Balaban J connectivity index is 3.09. The lowest BCUT2D eigenvalue weighted by Crippen LogP contribution is -2.32. The molecule has 1 rings (SSSR count). The van der Waals surface area contributed by atoms with Crippen molar-refractivity contribution in [1.29, 1.82) is 0 Å². The summed E-state index contributed by atoms with van der Waals surface area (Å²) in [5.74, 6) is 0. The first kappa shape index (κ1) is 17.8. The maximum Gasteiger partial charge on any atom is 0.416 e. The predicted molar refractivity (Wildman–Crippen MR) is 81.3 cm³/mol. The van der Waals surface area contributed by atoms with Crippen LogP contribution in [0.15, 0.2) is 18.2 Å². The van der Waals surface area contributed by atoms with Gasteiger partial charge < -0.3 is 10.6 Å². The molecule has 2 nitrogen and oxygen atoms in total. The molecular weight excluding hydrogens is 277 g/mol. The molecule has 0 saturated carbocycles. The van der Waals surface area contributed by atoms with E-state index >= 15 is 0 Å². The summed E-state index contributed by atoms with van der Waals surface area (Å²) >= 11 is 0. The molecule has 0 fully saturated rings. The molecule has 0 radical (unpaired) electrons. The topological polar surface area (TPSA) is 29.3 Å². The highest BCUT2D eigenvalue weighted by Gasteiger charge is 2.33. The van der Waals surface area contributed by atoms with E-state index in [0.29, 0.717) is 5.69 Å². The highest BCUT2D eigenvalue weighted by molar-refractivity contribution is 5.52. The average Bonchev–Trinajstić information content (AvgIpc) is 2.41. The van der Waals surface area contributed by atoms with Crippen LogP contribution in [0.2, 0.25) is 0 Å². The Kier molecular flexibility index (Phi) is 6.52. The van der Waals surface area contributed by atoms with Crippen molar-refractivity contribution in [3.63, 3.8) is 0 Å². The number of hydrogen-bond donors (Lipinski definition) is 1. The number of unbranched alkanes of at least 4 members (excludes halogenated alkanes) is 2. The molecule has 5 heteroatoms. The van der Waals surface area contributed by atoms with E-state index in [1.54, 1.807) is 6.07 Å². The lowest BCUT2D eigenvalue weighted by Gasteiger charge is -2.30. The second-order valence-corrected chi connectivity index (χ2v) is 5.54. The number of anilines is 1. The molecule has 0 atom stereocenters. The summed E-state index contributed by atoms with van der Waals surface area (Å²) in [6, 6.07) is 4.62. The Morgan fingerprint density at radius 3 is 2.33 bits per heavy atom. The van der Waals surface area contributed by atoms with E-state index in [2.05, 4.69) is 6.92 Å². The minimum absolute atomic E-state index is 0.105. The zero-order valence-electron chi connectivity index (χ0n) is 13.0. The maximum atomic E-state index is 13.1. The van der Waals surface area contributed by atoms with Gasteiger partial charge in [-0.2, -0.15) is 13.2 Å². The molecule has 21 heavy (non-hydrogen) atoms. The van der Waals surface area contributed by atoms with Crippen LogP contribution in [0.25, 0.3) is 0 Å². The first-order valence-electron chi connectivity index (χ1n) is 7.48. The third-order valence-corrected chi connectivity index (χ3v) is 3.58. The number of hydrogen-bond acceptors (Lipinski definition) is 2. The fourth-order valence-electron chi connectivity index (χ4n) is 2.40. The van der Waals surface area contributed by atoms with Crippen molar-refractivity contribution in [2.75, 3.05) is 11.4 Å². The van der Waals surface area contributed by atoms with Crippen LogP contribution in [0.5, 0.6) is 0 Å². The molecule has 0 aliphatic carbocycles. The number of nitrogens with two attached hydrogens (primary N) is 1. The molecule has 1 aromatic carbocycles. The highest BCUT2D eigenvalue weighted by Crippen LogP contribution is 2.35. The summed E-state index contributed by atoms with van der Waals surface area (Å²) in [7, 11) is 0. The van der Waals surface area contributed by atoms with E-state index in [0.717, 1.165) is 25.8 Å². The van der Waals surface area contributed by atoms with Crippen molar-refractivity contribution >= 4 is 5.69 Å². The lowest BCUT2D eigenvalue weighted by molar-refractivity contribution is -0.138. The summed E-state index contributed by atoms with van der Waals surface area (Å²) in [5.41, 5.74) is 5.55. The summed E-state index contributed by atoms with van der Waals surface area (Å²) in [6.07, 6.45) is -1.21. The summed E-state index contributed by atoms with van der Waals surface area (Å²) in [6.45, 7) is 6.76. The number of nitrogens with zero attached hydrogens (tertiary/aromatic N) is 1. The zero-order valence-corrected chi connectivity index (χ0v) is 13.0. The van der Waals surface area contributed by atoms with Crippen LogP contribution in [-0.4, -0.2) is 12.6 Å². The van der Waals surface area contributed by atoms with Crippen molar-refractivity contribution in [1.82, 2.24) is 0 Å². The van der Waals surface area contributed by atoms with Gasteiger partial charge in [-0.3, -0.25) is 0 Å². The summed E-state index contributed by atoms with van der Waals surface area (Å²) in [5, 5.41) is 0. The van der Waals surface area contributed by atoms with Crippen LogP contribution in [-0.2, 0) is 12.7 Å². The van der Waals surface area contributed by atoms with Gasteiger partial charge in [0.25, 0.3) is 0 Å². The smallest absolute Gasteiger partial charge is 0.369 e. The second kappa shape index (κ2) is 7.69. The zero-order chi connectivity index (χ0) is 16.0. The van der Waals surface area contributed by atoms with Gasteiger partial charge in [0.2, 0.25) is 0 Å². The molecule has 120 valence electrons. The summed E-state index contributed by atoms with van der Waals surface area (Å²) in [4.78, 5) is 2.02. The first-order chi connectivity index (χ1) is 9.81. The van der Waals surface area contributed by atoms with E-state index in [1.165, 1.54) is 12.1 Å². The van der Waals surface area contributed by atoms with E-state index in [-0.39, 0.29) is 18.2 Å². The minimum atomic E-state index is -4.36. The monoisotopic (exact) mass is 302 g/mol. The van der Waals surface area contributed by atoms with Crippen molar-refractivity contribution < 1.29 is 13.2 Å². The van der Waals surface area contributed by atoms with Gasteiger partial charge in [-0.25, -0.2) is 0 Å². The Morgan fingerprint density at radius 2 is 1.86 bits per heavy atom. The Labute approximate surface area is 125 Å². The summed E-state index contributed by atoms with van der Waals surface area (Å²) < 4.78 is 39.3. The molecule has 0 heterocycles. The van der Waals surface area contributed by atoms with Gasteiger partial charge >= 0.3 is 6.18 Å². The molecule has 0 bridgehead atoms. The molecule has 0 saturated heterocycles. The largest absolute Gasteiger partial charge is 0.416 e. The maximum absolute atomic E-state index is 13.1. The Hall–Kier alpha value is -1.23. The molecule has 0 amide bonds. The first-order valence-corrected chi connectivity index (χ1v) is 7.48. The third-order valence-electron chi connectivity index (χ3n) is 3.58. The third kappa shape index (κ3) is 4.92. The van der Waals surface area contributed by atoms with Crippen molar-refractivity contribution in [3.05, 3.63) is 29.3 Å². The number of rotatable bonds is 7. The SMILES string of the molecule is CCCCCN(c1ccc(CN)c(C(F)(F)F)c1)C(C)C. The second-order valence-electron chi connectivity index (χ2n) is 5.54. The molecule has 0 aromatic heterocycles. The van der Waals surface area contributed by atoms with Crippen LogP contribution in [0.3, 0.4) is 0 Å². The lowest BCUT2D eigenvalue weighted by atomic mass is 10.0. The van der Waals surface area contributed by atoms with Gasteiger partial charge in [0.15, 0.2) is 0 Å². The van der Waals surface area contributed by atoms with E-state index in [9.17, 15) is 13.2 Å². The molecule has 0 spiro atoms. The number of alkyl halides is 3. The Morgan fingerprint density at radius 1 is 1.19 bits per heavy atom. The highest BCUT2D eigenvalue weighted by atomic mass is 19.4. The van der Waals surface area contributed by atoms with Gasteiger partial charge in [-0.05, 0) is 38.0 Å². The van der Waals surface area contributed by atoms with Gasteiger partial charge in [-0.1, -0.05) is 25.8 Å². The van der Waals surface area contributed by atoms with Gasteiger partial charge in [-0.15, -0.1) is 0 Å². The van der Waals surface area contributed by atoms with Crippen LogP contribution in [0, 0.1) is 0 Å². The van der Waals surface area contributed by atoms with Crippen LogP contribution in [0.1, 0.15) is 51.2 Å². The molecule has 1 aromatic rings. The predicted octanol–water partition coefficient (Wildman–Crippen LogP) is 4.57. The molecule has 0 aliphatic heterocycles. The normalized spacial score (nSPS) is 12.0. The Bertz CT molecular complexity index is 442. The van der Waals surface area contributed by atoms with Crippen molar-refractivity contribution in [2.45, 2.75) is 58.8 Å². The van der Waals surface area contributed by atoms with Gasteiger partial charge in [0.05, 0.1) is 5.56 Å². The van der Waals surface area contributed by atoms with Crippen LogP contribution < -0.4 is 10.6 Å². The fourth-order valence-corrected chi connectivity index (χ4v) is 2.40. The van der Waals surface area contributed by atoms with E-state index in [4.69, 9.17) is 5.73 Å². The average molecular weight is 302 g/mol. The molecule has 2 N–H and O–H groups in total. The molecule has 0 unspecified atom stereocenters. The standard InChI is InChI=1S/C16H25F3N2/c1-4-5-6-9-21(12(2)3)14-8-7-13(11-20)15(10-14)16(17,18)19/h7-8,10,12H,4-6,9,11,20H2,1-3H3. The van der Waals surface area contributed by atoms with Crippen molar-refractivity contribution in [3.8, 4) is 0 Å². The minimum Gasteiger partial charge on any atom is -0.369 e. The van der Waals surface area contributed by atoms with E-state index in [1.807, 2.05) is 18.7 Å². The van der Waals surface area contributed by atoms with E-state index < -0.39 is 11.7 Å². The number of benzene rings is 1. The fraction of sp³-hybridized carbons (Fsp3) is 0.625. The molecular formula is C16H25F3N2. The van der Waals surface area contributed by atoms with Crippen LogP contribution in [0.4, 0.5) is 18.9 Å². The quantitative estimate of drug-likeness (QED) is 0.748. The van der Waals surface area contributed by atoms with Crippen molar-refractivity contribution in [2.24, 2.45) is 5.73 Å². The van der Waals surface area contributed by atoms with Gasteiger partial charge in [0.1, 0.15) is 0 Å². The van der Waals surface area contributed by atoms with Crippen LogP contribution >= 0.6 is 0 Å². The number of halogens is 3. The molecule has 0 aliphatic rings.